The van der Waals surface area contributed by atoms with Gasteiger partial charge in [-0.1, -0.05) is 6.07 Å². The molecule has 4 nitrogen and oxygen atoms in total. The summed E-state index contributed by atoms with van der Waals surface area (Å²) in [7, 11) is 1.56. The van der Waals surface area contributed by atoms with Crippen LogP contribution < -0.4 is 4.74 Å². The van der Waals surface area contributed by atoms with Crippen molar-refractivity contribution >= 4 is 10.9 Å². The molecule has 1 heterocycles. The minimum atomic E-state index is 0.340. The number of aromatic nitrogens is 2. The molecule has 0 atom stereocenters. The second-order valence-corrected chi connectivity index (χ2v) is 2.69. The number of nitrogens with zero attached hydrogens (tertiary/aromatic N) is 3. The molecule has 0 aliphatic heterocycles. The van der Waals surface area contributed by atoms with Crippen molar-refractivity contribution in [1.29, 1.82) is 5.26 Å². The fraction of sp³-hybridized carbons (Fsp3) is 0.100. The highest BCUT2D eigenvalue weighted by atomic mass is 16.5. The Balaban J connectivity index is 2.90. The summed E-state index contributed by atoms with van der Waals surface area (Å²) in [5.41, 5.74) is 1.06. The van der Waals surface area contributed by atoms with E-state index in [4.69, 9.17) is 10.00 Å². The van der Waals surface area contributed by atoms with Crippen molar-refractivity contribution in [3.05, 3.63) is 30.2 Å². The predicted molar refractivity (Wildman–Crippen MR) is 50.8 cm³/mol. The monoisotopic (exact) mass is 185 g/mol. The zero-order chi connectivity index (χ0) is 9.97. The molecule has 68 valence electrons. The van der Waals surface area contributed by atoms with Crippen molar-refractivity contribution in [3.63, 3.8) is 0 Å². The average Bonchev–Trinajstić information content (AvgIpc) is 2.27. The minimum absolute atomic E-state index is 0.340. The van der Waals surface area contributed by atoms with Gasteiger partial charge >= 0.3 is 0 Å². The van der Waals surface area contributed by atoms with Crippen molar-refractivity contribution in [1.82, 2.24) is 9.97 Å². The third kappa shape index (κ3) is 1.15. The van der Waals surface area contributed by atoms with E-state index in [1.54, 1.807) is 13.2 Å². The lowest BCUT2D eigenvalue weighted by Gasteiger charge is -2.04. The van der Waals surface area contributed by atoms with E-state index in [0.717, 1.165) is 5.52 Å². The molecule has 0 fully saturated rings. The van der Waals surface area contributed by atoms with Crippen LogP contribution in [0.4, 0.5) is 0 Å². The second kappa shape index (κ2) is 3.30. The van der Waals surface area contributed by atoms with Gasteiger partial charge in [-0.05, 0) is 12.1 Å². The highest BCUT2D eigenvalue weighted by Crippen LogP contribution is 2.25. The Morgan fingerprint density at radius 3 is 2.93 bits per heavy atom. The number of hydrogen-bond donors (Lipinski definition) is 0. The predicted octanol–water partition coefficient (Wildman–Crippen LogP) is 1.51. The van der Waals surface area contributed by atoms with E-state index in [0.29, 0.717) is 16.8 Å². The Bertz CT molecular complexity index is 511. The number of fused-ring (bicyclic) bond motifs is 1. The smallest absolute Gasteiger partial charge is 0.155 e. The highest BCUT2D eigenvalue weighted by molar-refractivity contribution is 5.88. The van der Waals surface area contributed by atoms with Crippen molar-refractivity contribution in [3.8, 4) is 11.8 Å². The average molecular weight is 185 g/mol. The van der Waals surface area contributed by atoms with Gasteiger partial charge in [-0.2, -0.15) is 5.26 Å². The van der Waals surface area contributed by atoms with Crippen LogP contribution >= 0.6 is 0 Å². The van der Waals surface area contributed by atoms with Crippen LogP contribution in [0.5, 0.6) is 5.75 Å². The molecule has 0 N–H and O–H groups in total. The van der Waals surface area contributed by atoms with E-state index in [9.17, 15) is 0 Å². The molecular formula is C10H7N3O. The number of methoxy groups -OCH3 is 1. The molecule has 0 aliphatic rings. The standard InChI is InChI=1S/C10H7N3O/c1-14-9-4-2-3-7-10(9)8(5-11)13-6-12-7/h2-4,6H,1H3. The third-order valence-electron chi connectivity index (χ3n) is 1.95. The lowest BCUT2D eigenvalue weighted by Crippen LogP contribution is -1.92. The molecule has 14 heavy (non-hydrogen) atoms. The maximum absolute atomic E-state index is 8.86. The van der Waals surface area contributed by atoms with Crippen molar-refractivity contribution in [2.45, 2.75) is 0 Å². The number of rotatable bonds is 1. The third-order valence-corrected chi connectivity index (χ3v) is 1.95. The summed E-state index contributed by atoms with van der Waals surface area (Å²) in [5.74, 6) is 0.625. The van der Waals surface area contributed by atoms with E-state index < -0.39 is 0 Å². The molecule has 0 amide bonds. The van der Waals surface area contributed by atoms with Crippen LogP contribution in [0, 0.1) is 11.3 Å². The first kappa shape index (κ1) is 8.45. The number of hydrogen-bond acceptors (Lipinski definition) is 4. The molecular weight excluding hydrogens is 178 g/mol. The molecule has 1 aromatic heterocycles. The number of nitriles is 1. The Morgan fingerprint density at radius 2 is 2.21 bits per heavy atom. The van der Waals surface area contributed by atoms with Crippen molar-refractivity contribution in [2.24, 2.45) is 0 Å². The maximum atomic E-state index is 8.86. The van der Waals surface area contributed by atoms with Crippen LogP contribution in [-0.2, 0) is 0 Å². The molecule has 4 heteroatoms. The van der Waals surface area contributed by atoms with Gasteiger partial charge in [0.15, 0.2) is 5.69 Å². The topological polar surface area (TPSA) is 58.8 Å². The summed E-state index contributed by atoms with van der Waals surface area (Å²) >= 11 is 0. The van der Waals surface area contributed by atoms with Gasteiger partial charge in [0.05, 0.1) is 18.0 Å². The summed E-state index contributed by atoms with van der Waals surface area (Å²) < 4.78 is 5.14. The lowest BCUT2D eigenvalue weighted by molar-refractivity contribution is 0.419. The summed E-state index contributed by atoms with van der Waals surface area (Å²) in [6.45, 7) is 0. The second-order valence-electron chi connectivity index (χ2n) is 2.69. The van der Waals surface area contributed by atoms with E-state index >= 15 is 0 Å². The van der Waals surface area contributed by atoms with Gasteiger partial charge in [0.25, 0.3) is 0 Å². The molecule has 0 radical (unpaired) electrons. The normalized spacial score (nSPS) is 9.71. The molecule has 0 spiro atoms. The van der Waals surface area contributed by atoms with Crippen LogP contribution in [-0.4, -0.2) is 17.1 Å². The Hall–Kier alpha value is -2.15. The maximum Gasteiger partial charge on any atom is 0.155 e. The zero-order valence-electron chi connectivity index (χ0n) is 7.56. The zero-order valence-corrected chi connectivity index (χ0v) is 7.56. The van der Waals surface area contributed by atoms with Gasteiger partial charge in [0, 0.05) is 0 Å². The largest absolute Gasteiger partial charge is 0.496 e. The highest BCUT2D eigenvalue weighted by Gasteiger charge is 2.07. The quantitative estimate of drug-likeness (QED) is 0.675. The minimum Gasteiger partial charge on any atom is -0.496 e. The van der Waals surface area contributed by atoms with Crippen LogP contribution in [0.25, 0.3) is 10.9 Å². The SMILES string of the molecule is COc1cccc2ncnc(C#N)c12. The first-order valence-electron chi connectivity index (χ1n) is 4.04. The fourth-order valence-electron chi connectivity index (χ4n) is 1.33. The Kier molecular flexibility index (Phi) is 1.99. The van der Waals surface area contributed by atoms with Gasteiger partial charge in [0.1, 0.15) is 18.1 Å². The fourth-order valence-corrected chi connectivity index (χ4v) is 1.33. The number of ether oxygens (including phenoxy) is 1. The molecule has 2 aromatic rings. The first-order chi connectivity index (χ1) is 6.86. The van der Waals surface area contributed by atoms with E-state index in [1.807, 2.05) is 18.2 Å². The molecule has 0 aliphatic carbocycles. The Labute approximate surface area is 80.8 Å². The van der Waals surface area contributed by atoms with E-state index in [-0.39, 0.29) is 0 Å². The van der Waals surface area contributed by atoms with E-state index in [2.05, 4.69) is 9.97 Å². The molecule has 1 aromatic carbocycles. The summed E-state index contributed by atoms with van der Waals surface area (Å²) in [5, 5.41) is 9.53. The van der Waals surface area contributed by atoms with E-state index in [1.165, 1.54) is 6.33 Å². The van der Waals surface area contributed by atoms with Gasteiger partial charge in [0.2, 0.25) is 0 Å². The van der Waals surface area contributed by atoms with Gasteiger partial charge in [-0.15, -0.1) is 0 Å². The summed E-state index contributed by atoms with van der Waals surface area (Å²) in [6, 6.07) is 7.45. The van der Waals surface area contributed by atoms with Gasteiger partial charge in [-0.25, -0.2) is 9.97 Å². The van der Waals surface area contributed by atoms with Gasteiger partial charge < -0.3 is 4.74 Å². The molecule has 0 bridgehead atoms. The van der Waals surface area contributed by atoms with Crippen LogP contribution in [0.2, 0.25) is 0 Å². The lowest BCUT2D eigenvalue weighted by atomic mass is 10.2. The number of benzene rings is 1. The van der Waals surface area contributed by atoms with Crippen LogP contribution in [0.3, 0.4) is 0 Å². The van der Waals surface area contributed by atoms with Crippen molar-refractivity contribution < 1.29 is 4.74 Å². The molecule has 0 unspecified atom stereocenters. The van der Waals surface area contributed by atoms with Gasteiger partial charge in [-0.3, -0.25) is 0 Å². The van der Waals surface area contributed by atoms with Crippen LogP contribution in [0.1, 0.15) is 5.69 Å². The Morgan fingerprint density at radius 1 is 1.36 bits per heavy atom. The first-order valence-corrected chi connectivity index (χ1v) is 4.04. The molecule has 0 saturated carbocycles. The van der Waals surface area contributed by atoms with Crippen molar-refractivity contribution in [2.75, 3.05) is 7.11 Å². The summed E-state index contributed by atoms with van der Waals surface area (Å²) in [6.07, 6.45) is 1.38. The molecule has 0 saturated heterocycles. The summed E-state index contributed by atoms with van der Waals surface area (Å²) in [4.78, 5) is 7.94. The molecule has 2 rings (SSSR count). The van der Waals surface area contributed by atoms with Crippen LogP contribution in [0.15, 0.2) is 24.5 Å².